The Labute approximate surface area is 169 Å². The van der Waals surface area contributed by atoms with Gasteiger partial charge in [-0.1, -0.05) is 39.8 Å². The molecule has 3 heterocycles. The lowest BCUT2D eigenvalue weighted by Gasteiger charge is -2.47. The minimum absolute atomic E-state index is 0.00920. The summed E-state index contributed by atoms with van der Waals surface area (Å²) >= 11 is 0. The van der Waals surface area contributed by atoms with E-state index >= 15 is 0 Å². The average Bonchev–Trinajstić information content (AvgIpc) is 3.00. The molecule has 156 valence electrons. The Morgan fingerprint density at radius 3 is 2.39 bits per heavy atom. The van der Waals surface area contributed by atoms with Gasteiger partial charge in [0.25, 0.3) is 0 Å². The molecule has 3 aliphatic rings. The molecule has 28 heavy (non-hydrogen) atoms. The Balaban J connectivity index is 2.09. The topological polar surface area (TPSA) is 65.1 Å². The molecule has 0 aromatic rings. The van der Waals surface area contributed by atoms with Crippen molar-refractivity contribution in [2.24, 2.45) is 5.92 Å². The summed E-state index contributed by atoms with van der Waals surface area (Å²) in [6.07, 6.45) is 3.47. The predicted octanol–water partition coefficient (Wildman–Crippen LogP) is 4.38. The Kier molecular flexibility index (Phi) is 4.58. The van der Waals surface area contributed by atoms with Gasteiger partial charge in [0, 0.05) is 5.92 Å². The lowest BCUT2D eigenvalue weighted by molar-refractivity contribution is -0.135. The number of fused-ring (bicyclic) bond motifs is 1. The van der Waals surface area contributed by atoms with E-state index in [9.17, 15) is 9.59 Å². The number of esters is 1. The van der Waals surface area contributed by atoms with Crippen LogP contribution in [0, 0.1) is 5.92 Å². The Morgan fingerprint density at radius 2 is 1.86 bits per heavy atom. The third-order valence-corrected chi connectivity index (χ3v) is 10.6. The largest absolute Gasteiger partial charge is 0.546 e. The molecule has 0 radical (unpaired) electrons. The van der Waals surface area contributed by atoms with Crippen LogP contribution < -0.4 is 0 Å². The van der Waals surface area contributed by atoms with E-state index in [0.717, 1.165) is 0 Å². The molecule has 0 N–H and O–H groups in total. The van der Waals surface area contributed by atoms with Crippen LogP contribution in [0.25, 0.3) is 0 Å². The molecular formula is C21H33NO5Si. The molecule has 1 spiro atoms. The number of hydrogen-bond donors (Lipinski definition) is 0. The standard InChI is InChI=1S/C21H33NO5Si/c1-13-14-10-11-21(22(14)18(24)26-19(2,3)4)12-25-17(23)15(21)16(13)27-28(8,9)20(5,6)7/h10-11,13-14H,12H2,1-9H3/t13-,14-,21-/m1/s1. The summed E-state index contributed by atoms with van der Waals surface area (Å²) in [4.78, 5) is 27.5. The molecule has 3 atom stereocenters. The van der Waals surface area contributed by atoms with E-state index in [4.69, 9.17) is 13.9 Å². The van der Waals surface area contributed by atoms with Gasteiger partial charge in [-0.2, -0.15) is 0 Å². The second-order valence-corrected chi connectivity index (χ2v) is 15.3. The first-order valence-corrected chi connectivity index (χ1v) is 12.8. The highest BCUT2D eigenvalue weighted by molar-refractivity contribution is 6.74. The molecule has 0 saturated carbocycles. The van der Waals surface area contributed by atoms with Crippen molar-refractivity contribution in [3.8, 4) is 0 Å². The van der Waals surface area contributed by atoms with Crippen molar-refractivity contribution in [3.63, 3.8) is 0 Å². The van der Waals surface area contributed by atoms with Crippen molar-refractivity contribution in [2.75, 3.05) is 6.61 Å². The van der Waals surface area contributed by atoms with Crippen LogP contribution >= 0.6 is 0 Å². The number of carbonyl (C=O) groups is 2. The molecule has 0 aliphatic carbocycles. The summed E-state index contributed by atoms with van der Waals surface area (Å²) in [6, 6.07) is -0.229. The van der Waals surface area contributed by atoms with E-state index in [1.54, 1.807) is 4.90 Å². The summed E-state index contributed by atoms with van der Waals surface area (Å²) in [5, 5.41) is -0.00920. The van der Waals surface area contributed by atoms with Crippen LogP contribution in [0.4, 0.5) is 4.79 Å². The Bertz CT molecular complexity index is 771. The van der Waals surface area contributed by atoms with E-state index in [0.29, 0.717) is 11.3 Å². The lowest BCUT2D eigenvalue weighted by atomic mass is 9.83. The van der Waals surface area contributed by atoms with Crippen LogP contribution in [0.15, 0.2) is 23.5 Å². The van der Waals surface area contributed by atoms with Crippen LogP contribution in [0.5, 0.6) is 0 Å². The van der Waals surface area contributed by atoms with Crippen molar-refractivity contribution in [3.05, 3.63) is 23.5 Å². The van der Waals surface area contributed by atoms with Crippen molar-refractivity contribution >= 4 is 20.4 Å². The second kappa shape index (κ2) is 6.12. The van der Waals surface area contributed by atoms with Gasteiger partial charge in [0.05, 0.1) is 11.8 Å². The summed E-state index contributed by atoms with van der Waals surface area (Å²) in [5.74, 6) is 0.122. The molecule has 2 bridgehead atoms. The molecule has 1 amide bonds. The van der Waals surface area contributed by atoms with Crippen molar-refractivity contribution in [2.45, 2.75) is 83.8 Å². The minimum Gasteiger partial charge on any atom is -0.546 e. The number of nitrogens with zero attached hydrogens (tertiary/aromatic N) is 1. The molecule has 0 aromatic heterocycles. The van der Waals surface area contributed by atoms with E-state index in [1.165, 1.54) is 0 Å². The molecule has 7 heteroatoms. The van der Waals surface area contributed by atoms with E-state index < -0.39 is 31.5 Å². The molecule has 1 fully saturated rings. The van der Waals surface area contributed by atoms with Gasteiger partial charge in [0.2, 0.25) is 8.32 Å². The van der Waals surface area contributed by atoms with E-state index in [-0.39, 0.29) is 23.6 Å². The van der Waals surface area contributed by atoms with Crippen LogP contribution in [-0.2, 0) is 18.7 Å². The molecule has 3 aliphatic heterocycles. The average molecular weight is 408 g/mol. The second-order valence-electron chi connectivity index (χ2n) is 10.6. The third kappa shape index (κ3) is 3.08. The zero-order chi connectivity index (χ0) is 21.3. The zero-order valence-corrected chi connectivity index (χ0v) is 19.5. The smallest absolute Gasteiger partial charge is 0.411 e. The zero-order valence-electron chi connectivity index (χ0n) is 18.5. The Hall–Kier alpha value is -1.76. The van der Waals surface area contributed by atoms with Crippen molar-refractivity contribution < 1.29 is 23.5 Å². The maximum atomic E-state index is 13.1. The fraction of sp³-hybridized carbons (Fsp3) is 0.714. The van der Waals surface area contributed by atoms with Crippen LogP contribution in [0.2, 0.25) is 18.1 Å². The summed E-state index contributed by atoms with van der Waals surface area (Å²) < 4.78 is 17.8. The minimum atomic E-state index is -2.17. The number of cyclic esters (lactones) is 1. The SMILES string of the molecule is C[C@H]1C(O[Si](C)(C)C(C)(C)C)=C2C(=O)OC[C@]23C=C[C@H]1N3C(=O)OC(C)(C)C. The van der Waals surface area contributed by atoms with Crippen molar-refractivity contribution in [1.29, 1.82) is 0 Å². The molecule has 6 nitrogen and oxygen atoms in total. The summed E-state index contributed by atoms with van der Waals surface area (Å²) in [6.45, 7) is 18.4. The maximum absolute atomic E-state index is 13.1. The molecule has 1 saturated heterocycles. The molecule has 0 aromatic carbocycles. The van der Waals surface area contributed by atoms with Gasteiger partial charge in [-0.15, -0.1) is 0 Å². The predicted molar refractivity (Wildman–Crippen MR) is 109 cm³/mol. The van der Waals surface area contributed by atoms with Gasteiger partial charge in [-0.25, -0.2) is 9.59 Å². The van der Waals surface area contributed by atoms with E-state index in [2.05, 4.69) is 33.9 Å². The molecule has 3 rings (SSSR count). The van der Waals surface area contributed by atoms with Gasteiger partial charge in [-0.05, 0) is 38.9 Å². The maximum Gasteiger partial charge on any atom is 0.411 e. The van der Waals surface area contributed by atoms with E-state index in [1.807, 2.05) is 39.8 Å². The fourth-order valence-corrected chi connectivity index (χ4v) is 4.91. The number of rotatable bonds is 2. The van der Waals surface area contributed by atoms with Gasteiger partial charge in [-0.3, -0.25) is 4.90 Å². The molecular weight excluding hydrogens is 374 g/mol. The van der Waals surface area contributed by atoms with Gasteiger partial charge >= 0.3 is 12.1 Å². The quantitative estimate of drug-likeness (QED) is 0.386. The highest BCUT2D eigenvalue weighted by Gasteiger charge is 2.63. The normalized spacial score (nSPS) is 29.8. The fourth-order valence-electron chi connectivity index (χ4n) is 3.76. The lowest BCUT2D eigenvalue weighted by Crippen LogP contribution is -2.60. The van der Waals surface area contributed by atoms with Gasteiger partial charge in [0.15, 0.2) is 0 Å². The van der Waals surface area contributed by atoms with Crippen LogP contribution in [0.3, 0.4) is 0 Å². The van der Waals surface area contributed by atoms with Crippen LogP contribution in [0.1, 0.15) is 48.5 Å². The highest BCUT2D eigenvalue weighted by Crippen LogP contribution is 2.51. The summed E-state index contributed by atoms with van der Waals surface area (Å²) in [5.41, 5.74) is -1.10. The Morgan fingerprint density at radius 1 is 1.25 bits per heavy atom. The number of carbonyl (C=O) groups excluding carboxylic acids is 2. The van der Waals surface area contributed by atoms with Crippen molar-refractivity contribution in [1.82, 2.24) is 4.90 Å². The number of amides is 1. The van der Waals surface area contributed by atoms with Gasteiger partial charge in [0.1, 0.15) is 23.3 Å². The summed E-state index contributed by atoms with van der Waals surface area (Å²) in [7, 11) is -2.17. The first-order valence-electron chi connectivity index (χ1n) is 9.93. The van der Waals surface area contributed by atoms with Crippen LogP contribution in [-0.4, -0.2) is 49.1 Å². The first-order chi connectivity index (χ1) is 12.6. The molecule has 0 unspecified atom stereocenters. The van der Waals surface area contributed by atoms with Gasteiger partial charge < -0.3 is 13.9 Å². The third-order valence-electron chi connectivity index (χ3n) is 6.29. The number of hydrogen-bond acceptors (Lipinski definition) is 5. The monoisotopic (exact) mass is 407 g/mol. The first kappa shape index (κ1) is 21.0. The highest BCUT2D eigenvalue weighted by atomic mass is 28.4. The number of ether oxygens (including phenoxy) is 2.